The van der Waals surface area contributed by atoms with Gasteiger partial charge in [-0.3, -0.25) is 4.90 Å². The molecule has 1 atom stereocenters. The predicted octanol–water partition coefficient (Wildman–Crippen LogP) is 0.413. The zero-order valence-corrected chi connectivity index (χ0v) is 6.08. The van der Waals surface area contributed by atoms with Gasteiger partial charge in [0.15, 0.2) is 0 Å². The summed E-state index contributed by atoms with van der Waals surface area (Å²) >= 11 is 0. The lowest BCUT2D eigenvalue weighted by atomic mass is 10.1. The summed E-state index contributed by atoms with van der Waals surface area (Å²) in [7, 11) is 0. The Morgan fingerprint density at radius 1 is 1.30 bits per heavy atom. The molecular formula is C7H13NO2. The second-order valence-corrected chi connectivity index (χ2v) is 2.83. The summed E-state index contributed by atoms with van der Waals surface area (Å²) in [6, 6.07) is 0. The van der Waals surface area contributed by atoms with Crippen molar-refractivity contribution in [1.82, 2.24) is 4.90 Å². The minimum absolute atomic E-state index is 0.375. The molecule has 10 heavy (non-hydrogen) atoms. The van der Waals surface area contributed by atoms with E-state index in [1.807, 2.05) is 0 Å². The van der Waals surface area contributed by atoms with Gasteiger partial charge in [0.2, 0.25) is 0 Å². The summed E-state index contributed by atoms with van der Waals surface area (Å²) in [5.74, 6) is 0. The molecule has 2 aliphatic heterocycles. The third-order valence-electron chi connectivity index (χ3n) is 2.15. The minimum atomic E-state index is 0.375. The quantitative estimate of drug-likeness (QED) is 0.490. The fourth-order valence-electron chi connectivity index (χ4n) is 1.42. The zero-order chi connectivity index (χ0) is 6.81. The van der Waals surface area contributed by atoms with Crippen LogP contribution in [0.1, 0.15) is 12.8 Å². The lowest BCUT2D eigenvalue weighted by molar-refractivity contribution is -0.196. The zero-order valence-electron chi connectivity index (χ0n) is 6.08. The van der Waals surface area contributed by atoms with Crippen molar-refractivity contribution in [3.05, 3.63) is 0 Å². The Balaban J connectivity index is 1.83. The highest BCUT2D eigenvalue weighted by molar-refractivity contribution is 4.75. The molecule has 2 aliphatic rings. The van der Waals surface area contributed by atoms with Crippen LogP contribution in [0.3, 0.4) is 0 Å². The lowest BCUT2D eigenvalue weighted by Gasteiger charge is -2.41. The third kappa shape index (κ3) is 1.17. The van der Waals surface area contributed by atoms with Gasteiger partial charge in [0.1, 0.15) is 13.0 Å². The number of hydrogen-bond acceptors (Lipinski definition) is 3. The molecule has 0 aromatic heterocycles. The van der Waals surface area contributed by atoms with E-state index in [0.717, 1.165) is 19.6 Å². The SMILES string of the molecule is C1COCO[C@H]2CCN2C1. The van der Waals surface area contributed by atoms with Crippen molar-refractivity contribution in [2.24, 2.45) is 0 Å². The monoisotopic (exact) mass is 143 g/mol. The fourth-order valence-corrected chi connectivity index (χ4v) is 1.42. The van der Waals surface area contributed by atoms with Gasteiger partial charge in [0.05, 0.1) is 6.61 Å². The summed E-state index contributed by atoms with van der Waals surface area (Å²) in [6.07, 6.45) is 2.71. The molecule has 0 N–H and O–H groups in total. The van der Waals surface area contributed by atoms with Gasteiger partial charge in [0.25, 0.3) is 0 Å². The molecule has 58 valence electrons. The second kappa shape index (κ2) is 2.86. The summed E-state index contributed by atoms with van der Waals surface area (Å²) in [4.78, 5) is 2.36. The Labute approximate surface area is 60.9 Å². The summed E-state index contributed by atoms with van der Waals surface area (Å²) in [6.45, 7) is 3.69. The fraction of sp³-hybridized carbons (Fsp3) is 1.00. The summed E-state index contributed by atoms with van der Waals surface area (Å²) in [5, 5.41) is 0. The van der Waals surface area contributed by atoms with Gasteiger partial charge in [-0.05, 0) is 6.42 Å². The predicted molar refractivity (Wildman–Crippen MR) is 36.5 cm³/mol. The molecule has 0 unspecified atom stereocenters. The molecule has 3 heteroatoms. The highest BCUT2D eigenvalue weighted by atomic mass is 16.7. The van der Waals surface area contributed by atoms with E-state index in [1.165, 1.54) is 13.0 Å². The minimum Gasteiger partial charge on any atom is -0.355 e. The van der Waals surface area contributed by atoms with Crippen molar-refractivity contribution in [3.63, 3.8) is 0 Å². The molecule has 0 amide bonds. The maximum atomic E-state index is 5.39. The van der Waals surface area contributed by atoms with E-state index in [9.17, 15) is 0 Å². The first kappa shape index (κ1) is 6.58. The van der Waals surface area contributed by atoms with Gasteiger partial charge >= 0.3 is 0 Å². The molecule has 2 saturated heterocycles. The van der Waals surface area contributed by atoms with Crippen LogP contribution >= 0.6 is 0 Å². The molecular weight excluding hydrogens is 130 g/mol. The van der Waals surface area contributed by atoms with E-state index in [4.69, 9.17) is 9.47 Å². The molecule has 2 heterocycles. The number of hydrogen-bond donors (Lipinski definition) is 0. The number of rotatable bonds is 0. The summed E-state index contributed by atoms with van der Waals surface area (Å²) in [5.41, 5.74) is 0. The van der Waals surface area contributed by atoms with E-state index in [1.54, 1.807) is 0 Å². The molecule has 2 rings (SSSR count). The van der Waals surface area contributed by atoms with Crippen molar-refractivity contribution < 1.29 is 9.47 Å². The highest BCUT2D eigenvalue weighted by Gasteiger charge is 2.28. The van der Waals surface area contributed by atoms with Crippen LogP contribution in [0.15, 0.2) is 0 Å². The van der Waals surface area contributed by atoms with E-state index in [2.05, 4.69) is 4.90 Å². The average molecular weight is 143 g/mol. The average Bonchev–Trinajstić information content (AvgIpc) is 1.89. The first-order valence-electron chi connectivity index (χ1n) is 3.90. The van der Waals surface area contributed by atoms with E-state index in [-0.39, 0.29) is 0 Å². The first-order chi connectivity index (χ1) is 4.97. The van der Waals surface area contributed by atoms with Crippen molar-refractivity contribution in [3.8, 4) is 0 Å². The largest absolute Gasteiger partial charge is 0.355 e. The van der Waals surface area contributed by atoms with Gasteiger partial charge < -0.3 is 9.47 Å². The Hall–Kier alpha value is -0.120. The van der Waals surface area contributed by atoms with Crippen LogP contribution in [-0.2, 0) is 9.47 Å². The molecule has 3 nitrogen and oxygen atoms in total. The highest BCUT2D eigenvalue weighted by Crippen LogP contribution is 2.19. The van der Waals surface area contributed by atoms with Crippen molar-refractivity contribution in [1.29, 1.82) is 0 Å². The topological polar surface area (TPSA) is 21.7 Å². The van der Waals surface area contributed by atoms with E-state index >= 15 is 0 Å². The molecule has 0 spiro atoms. The van der Waals surface area contributed by atoms with Crippen molar-refractivity contribution in [2.45, 2.75) is 19.1 Å². The lowest BCUT2D eigenvalue weighted by Crippen LogP contribution is -2.50. The molecule has 0 bridgehead atoms. The standard InChI is InChI=1S/C7H13NO2/c1-3-8-4-2-7(8)10-6-9-5-1/h7H,1-6H2/t7-/m0/s1. The van der Waals surface area contributed by atoms with E-state index in [0.29, 0.717) is 13.0 Å². The van der Waals surface area contributed by atoms with Crippen LogP contribution in [0.25, 0.3) is 0 Å². The molecule has 0 aromatic rings. The van der Waals surface area contributed by atoms with Crippen LogP contribution in [0.4, 0.5) is 0 Å². The molecule has 0 saturated carbocycles. The van der Waals surface area contributed by atoms with Crippen molar-refractivity contribution in [2.75, 3.05) is 26.5 Å². The van der Waals surface area contributed by atoms with Crippen LogP contribution < -0.4 is 0 Å². The Kier molecular flexibility index (Phi) is 1.88. The molecule has 0 aliphatic carbocycles. The Bertz CT molecular complexity index is 104. The summed E-state index contributed by atoms with van der Waals surface area (Å²) < 4.78 is 10.6. The Morgan fingerprint density at radius 3 is 3.10 bits per heavy atom. The normalized spacial score (nSPS) is 35.4. The molecule has 0 radical (unpaired) electrons. The van der Waals surface area contributed by atoms with Crippen LogP contribution in [-0.4, -0.2) is 37.6 Å². The molecule has 0 aromatic carbocycles. The maximum absolute atomic E-state index is 5.39. The first-order valence-corrected chi connectivity index (χ1v) is 3.90. The molecule has 2 fully saturated rings. The smallest absolute Gasteiger partial charge is 0.148 e. The van der Waals surface area contributed by atoms with Gasteiger partial charge in [-0.1, -0.05) is 0 Å². The number of ether oxygens (including phenoxy) is 2. The maximum Gasteiger partial charge on any atom is 0.148 e. The van der Waals surface area contributed by atoms with Crippen LogP contribution in [0.2, 0.25) is 0 Å². The van der Waals surface area contributed by atoms with E-state index < -0.39 is 0 Å². The van der Waals surface area contributed by atoms with Gasteiger partial charge in [0, 0.05) is 19.5 Å². The third-order valence-corrected chi connectivity index (χ3v) is 2.15. The second-order valence-electron chi connectivity index (χ2n) is 2.83. The van der Waals surface area contributed by atoms with Crippen LogP contribution in [0.5, 0.6) is 0 Å². The number of nitrogens with zero attached hydrogens (tertiary/aromatic N) is 1. The number of fused-ring (bicyclic) bond motifs is 1. The van der Waals surface area contributed by atoms with Crippen molar-refractivity contribution >= 4 is 0 Å². The Morgan fingerprint density at radius 2 is 2.30 bits per heavy atom. The van der Waals surface area contributed by atoms with Gasteiger partial charge in [-0.25, -0.2) is 0 Å². The van der Waals surface area contributed by atoms with Gasteiger partial charge in [-0.15, -0.1) is 0 Å². The van der Waals surface area contributed by atoms with Crippen LogP contribution in [0, 0.1) is 0 Å². The van der Waals surface area contributed by atoms with Gasteiger partial charge in [-0.2, -0.15) is 0 Å².